The van der Waals surface area contributed by atoms with E-state index in [1.807, 2.05) is 0 Å². The first-order chi connectivity index (χ1) is 7.99. The smallest absolute Gasteiger partial charge is 0.317 e. The van der Waals surface area contributed by atoms with E-state index < -0.39 is 5.97 Å². The van der Waals surface area contributed by atoms with Crippen molar-refractivity contribution >= 4 is 12.0 Å². The second-order valence-corrected chi connectivity index (χ2v) is 5.12. The summed E-state index contributed by atoms with van der Waals surface area (Å²) >= 11 is 0. The number of carbonyl (C=O) groups is 2. The van der Waals surface area contributed by atoms with Gasteiger partial charge in [0.15, 0.2) is 0 Å². The predicted octanol–water partition coefficient (Wildman–Crippen LogP) is 1.54. The second kappa shape index (κ2) is 6.47. The fourth-order valence-electron chi connectivity index (χ4n) is 2.30. The van der Waals surface area contributed by atoms with Crippen LogP contribution in [0.5, 0.6) is 0 Å². The molecule has 1 fully saturated rings. The number of urea groups is 1. The number of nitrogens with zero attached hydrogens (tertiary/aromatic N) is 1. The number of aliphatic carboxylic acids is 1. The topological polar surface area (TPSA) is 69.6 Å². The Bertz CT molecular complexity index is 279. The Morgan fingerprint density at radius 1 is 1.53 bits per heavy atom. The van der Waals surface area contributed by atoms with Gasteiger partial charge in [-0.05, 0) is 24.7 Å². The highest BCUT2D eigenvalue weighted by Crippen LogP contribution is 2.18. The first-order valence-electron chi connectivity index (χ1n) is 6.23. The number of hydrogen-bond acceptors (Lipinski definition) is 2. The fraction of sp³-hybridized carbons (Fsp3) is 0.833. The van der Waals surface area contributed by atoms with Gasteiger partial charge in [-0.25, -0.2) is 4.79 Å². The Kier molecular flexibility index (Phi) is 5.25. The molecule has 1 atom stereocenters. The normalized spacial score (nSPS) is 18.1. The van der Waals surface area contributed by atoms with Gasteiger partial charge in [0, 0.05) is 26.1 Å². The number of nitrogens with one attached hydrogen (secondary N) is 1. The molecular weight excluding hydrogens is 220 g/mol. The largest absolute Gasteiger partial charge is 0.481 e. The molecule has 0 spiro atoms. The average Bonchev–Trinajstić information content (AvgIpc) is 2.19. The Labute approximate surface area is 102 Å². The molecule has 0 aromatic carbocycles. The Morgan fingerprint density at radius 3 is 2.76 bits per heavy atom. The van der Waals surface area contributed by atoms with Crippen molar-refractivity contribution in [3.8, 4) is 0 Å². The summed E-state index contributed by atoms with van der Waals surface area (Å²) in [6.45, 7) is 6.16. The van der Waals surface area contributed by atoms with Gasteiger partial charge in [-0.1, -0.05) is 13.8 Å². The SMILES string of the molecule is CC(C)CC(CC(=O)O)CN1CCCNC1=O. The molecule has 0 aromatic rings. The van der Waals surface area contributed by atoms with Gasteiger partial charge in [0.1, 0.15) is 0 Å². The summed E-state index contributed by atoms with van der Waals surface area (Å²) in [6.07, 6.45) is 1.92. The Balaban J connectivity index is 2.51. The molecule has 1 heterocycles. The average molecular weight is 242 g/mol. The quantitative estimate of drug-likeness (QED) is 0.742. The lowest BCUT2D eigenvalue weighted by Gasteiger charge is -2.31. The number of carbonyl (C=O) groups excluding carboxylic acids is 1. The van der Waals surface area contributed by atoms with Crippen LogP contribution in [-0.4, -0.2) is 41.6 Å². The second-order valence-electron chi connectivity index (χ2n) is 5.12. The minimum Gasteiger partial charge on any atom is -0.481 e. The van der Waals surface area contributed by atoms with E-state index in [0.717, 1.165) is 25.9 Å². The summed E-state index contributed by atoms with van der Waals surface area (Å²) < 4.78 is 0. The van der Waals surface area contributed by atoms with E-state index in [1.54, 1.807) is 4.90 Å². The standard InChI is InChI=1S/C12H22N2O3/c1-9(2)6-10(7-11(15)16)8-14-5-3-4-13-12(14)17/h9-10H,3-8H2,1-2H3,(H,13,17)(H,15,16). The molecule has 2 amide bonds. The zero-order chi connectivity index (χ0) is 12.8. The van der Waals surface area contributed by atoms with Crippen molar-refractivity contribution in [2.75, 3.05) is 19.6 Å². The third kappa shape index (κ3) is 5.06. The van der Waals surface area contributed by atoms with Crippen LogP contribution >= 0.6 is 0 Å². The molecule has 1 rings (SSSR count). The van der Waals surface area contributed by atoms with Gasteiger partial charge in [-0.3, -0.25) is 4.79 Å². The van der Waals surface area contributed by atoms with Crippen LogP contribution in [0.1, 0.15) is 33.1 Å². The van der Waals surface area contributed by atoms with Gasteiger partial charge in [0.2, 0.25) is 0 Å². The zero-order valence-corrected chi connectivity index (χ0v) is 10.6. The van der Waals surface area contributed by atoms with Crippen molar-refractivity contribution in [3.05, 3.63) is 0 Å². The van der Waals surface area contributed by atoms with Crippen molar-refractivity contribution in [1.82, 2.24) is 10.2 Å². The number of hydrogen-bond donors (Lipinski definition) is 2. The number of amides is 2. The van der Waals surface area contributed by atoms with Crippen LogP contribution in [0.15, 0.2) is 0 Å². The molecule has 0 bridgehead atoms. The van der Waals surface area contributed by atoms with E-state index in [0.29, 0.717) is 12.5 Å². The summed E-state index contributed by atoms with van der Waals surface area (Å²) in [7, 11) is 0. The molecule has 0 radical (unpaired) electrons. The Hall–Kier alpha value is -1.26. The van der Waals surface area contributed by atoms with E-state index in [4.69, 9.17) is 5.11 Å². The summed E-state index contributed by atoms with van der Waals surface area (Å²) in [4.78, 5) is 24.1. The molecule has 98 valence electrons. The highest BCUT2D eigenvalue weighted by atomic mass is 16.4. The van der Waals surface area contributed by atoms with Gasteiger partial charge >= 0.3 is 12.0 Å². The lowest BCUT2D eigenvalue weighted by molar-refractivity contribution is -0.138. The van der Waals surface area contributed by atoms with E-state index in [-0.39, 0.29) is 18.4 Å². The lowest BCUT2D eigenvalue weighted by Crippen LogP contribution is -2.48. The van der Waals surface area contributed by atoms with Crippen LogP contribution in [0.3, 0.4) is 0 Å². The van der Waals surface area contributed by atoms with Gasteiger partial charge < -0.3 is 15.3 Å². The lowest BCUT2D eigenvalue weighted by atomic mass is 9.93. The summed E-state index contributed by atoms with van der Waals surface area (Å²) in [5.41, 5.74) is 0. The number of carboxylic acid groups (broad SMARTS) is 1. The van der Waals surface area contributed by atoms with E-state index in [2.05, 4.69) is 19.2 Å². The molecular formula is C12H22N2O3. The molecule has 0 aromatic heterocycles. The maximum atomic E-state index is 11.6. The molecule has 0 saturated carbocycles. The molecule has 0 aliphatic carbocycles. The van der Waals surface area contributed by atoms with Gasteiger partial charge in [-0.15, -0.1) is 0 Å². The maximum Gasteiger partial charge on any atom is 0.317 e. The van der Waals surface area contributed by atoms with Crippen molar-refractivity contribution in [1.29, 1.82) is 0 Å². The van der Waals surface area contributed by atoms with Crippen molar-refractivity contribution in [2.24, 2.45) is 11.8 Å². The van der Waals surface area contributed by atoms with E-state index >= 15 is 0 Å². The molecule has 2 N–H and O–H groups in total. The maximum absolute atomic E-state index is 11.6. The third-order valence-electron chi connectivity index (χ3n) is 2.91. The van der Waals surface area contributed by atoms with E-state index in [1.165, 1.54) is 0 Å². The van der Waals surface area contributed by atoms with Crippen LogP contribution in [0, 0.1) is 11.8 Å². The zero-order valence-electron chi connectivity index (χ0n) is 10.6. The molecule has 1 aliphatic rings. The minimum atomic E-state index is -0.784. The van der Waals surface area contributed by atoms with E-state index in [9.17, 15) is 9.59 Å². The molecule has 5 heteroatoms. The first kappa shape index (κ1) is 13.8. The molecule has 1 unspecified atom stereocenters. The highest BCUT2D eigenvalue weighted by molar-refractivity contribution is 5.75. The summed E-state index contributed by atoms with van der Waals surface area (Å²) in [5.74, 6) is -0.281. The van der Waals surface area contributed by atoms with Crippen LogP contribution in [0.4, 0.5) is 4.79 Å². The molecule has 17 heavy (non-hydrogen) atoms. The number of rotatable bonds is 6. The van der Waals surface area contributed by atoms with Crippen LogP contribution < -0.4 is 5.32 Å². The summed E-state index contributed by atoms with van der Waals surface area (Å²) in [6, 6.07) is -0.0598. The van der Waals surface area contributed by atoms with Crippen molar-refractivity contribution < 1.29 is 14.7 Å². The van der Waals surface area contributed by atoms with Crippen molar-refractivity contribution in [3.63, 3.8) is 0 Å². The first-order valence-corrected chi connectivity index (χ1v) is 6.23. The van der Waals surface area contributed by atoms with Gasteiger partial charge in [0.25, 0.3) is 0 Å². The minimum absolute atomic E-state index is 0.0522. The molecule has 1 aliphatic heterocycles. The number of carboxylic acids is 1. The van der Waals surface area contributed by atoms with Gasteiger partial charge in [0.05, 0.1) is 0 Å². The molecule has 5 nitrogen and oxygen atoms in total. The Morgan fingerprint density at radius 2 is 2.24 bits per heavy atom. The van der Waals surface area contributed by atoms with Crippen LogP contribution in [0.25, 0.3) is 0 Å². The van der Waals surface area contributed by atoms with Gasteiger partial charge in [-0.2, -0.15) is 0 Å². The molecule has 1 saturated heterocycles. The van der Waals surface area contributed by atoms with Crippen LogP contribution in [0.2, 0.25) is 0 Å². The monoisotopic (exact) mass is 242 g/mol. The van der Waals surface area contributed by atoms with Crippen LogP contribution in [-0.2, 0) is 4.79 Å². The highest BCUT2D eigenvalue weighted by Gasteiger charge is 2.23. The fourth-order valence-corrected chi connectivity index (χ4v) is 2.30. The summed E-state index contributed by atoms with van der Waals surface area (Å²) in [5, 5.41) is 11.7. The third-order valence-corrected chi connectivity index (χ3v) is 2.91. The predicted molar refractivity (Wildman–Crippen MR) is 64.8 cm³/mol. The van der Waals surface area contributed by atoms with Crippen molar-refractivity contribution in [2.45, 2.75) is 33.1 Å².